The minimum atomic E-state index is -3.55. The molecule has 1 fully saturated rings. The lowest BCUT2D eigenvalue weighted by atomic mass is 10.0. The van der Waals surface area contributed by atoms with Crippen LogP contribution in [0.15, 0.2) is 0 Å². The van der Waals surface area contributed by atoms with Crippen LogP contribution in [0.3, 0.4) is 0 Å². The minimum Gasteiger partial charge on any atom is -0.300 e. The molecule has 0 N–H and O–H groups in total. The van der Waals surface area contributed by atoms with Gasteiger partial charge in [-0.15, -0.1) is 0 Å². The van der Waals surface area contributed by atoms with Crippen LogP contribution in [0, 0.1) is 6.92 Å². The van der Waals surface area contributed by atoms with E-state index in [4.69, 9.17) is 0 Å². The van der Waals surface area contributed by atoms with Gasteiger partial charge in [0.1, 0.15) is 11.6 Å². The molecule has 0 radical (unpaired) electrons. The maximum atomic E-state index is 12.7. The molecule has 1 saturated heterocycles. The highest BCUT2D eigenvalue weighted by Gasteiger charge is 2.37. The fourth-order valence-electron chi connectivity index (χ4n) is 3.49. The van der Waals surface area contributed by atoms with Crippen molar-refractivity contribution in [1.29, 1.82) is 0 Å². The molecule has 0 unspecified atom stereocenters. The van der Waals surface area contributed by atoms with Crippen molar-refractivity contribution < 1.29 is 13.2 Å². The average molecular weight is 367 g/mol. The summed E-state index contributed by atoms with van der Waals surface area (Å²) in [5, 5.41) is 0. The van der Waals surface area contributed by atoms with Crippen LogP contribution in [0.4, 0.5) is 5.82 Å². The van der Waals surface area contributed by atoms with E-state index in [1.165, 1.54) is 22.7 Å². The second kappa shape index (κ2) is 6.62. The molecule has 0 aromatic carbocycles. The molecule has 2 aliphatic heterocycles. The molecule has 3 heterocycles. The smallest absolute Gasteiger partial charge is 0.282 e. The Kier molecular flexibility index (Phi) is 4.82. The van der Waals surface area contributed by atoms with Crippen LogP contribution in [-0.2, 0) is 21.4 Å². The van der Waals surface area contributed by atoms with Crippen LogP contribution < -0.4 is 4.90 Å². The van der Waals surface area contributed by atoms with Crippen LogP contribution in [-0.4, -0.2) is 60.6 Å². The second-order valence-corrected chi connectivity index (χ2v) is 8.93. The van der Waals surface area contributed by atoms with Gasteiger partial charge in [-0.05, 0) is 26.2 Å². The topological polar surface area (TPSA) is 86.7 Å². The monoisotopic (exact) mass is 367 g/mol. The Hall–Kier alpha value is -1.58. The van der Waals surface area contributed by atoms with Gasteiger partial charge in [0, 0.05) is 45.4 Å². The zero-order chi connectivity index (χ0) is 18.4. The lowest BCUT2D eigenvalue weighted by molar-refractivity contribution is -0.118. The number of carbonyl (C=O) groups is 1. The standard InChI is InChI=1S/C16H25N5O3S/c1-11-12-8-9-14(22)20(4)16(12)18-15(17-11)13-7-5-6-10-21(13)25(23,24)19(2)3/h13H,5-10H2,1-4H3/t13-/m1/s1. The van der Waals surface area contributed by atoms with Crippen molar-refractivity contribution in [3.8, 4) is 0 Å². The number of anilines is 1. The number of piperidine rings is 1. The van der Waals surface area contributed by atoms with Crippen molar-refractivity contribution in [2.45, 2.75) is 45.1 Å². The molecule has 0 spiro atoms. The quantitative estimate of drug-likeness (QED) is 0.796. The zero-order valence-electron chi connectivity index (χ0n) is 15.2. The number of rotatable bonds is 3. The molecule has 1 aromatic heterocycles. The first-order valence-corrected chi connectivity index (χ1v) is 9.96. The van der Waals surface area contributed by atoms with Crippen LogP contribution >= 0.6 is 0 Å². The van der Waals surface area contributed by atoms with Gasteiger partial charge in [0.05, 0.1) is 6.04 Å². The van der Waals surface area contributed by atoms with Gasteiger partial charge in [-0.25, -0.2) is 9.97 Å². The number of nitrogens with zero attached hydrogens (tertiary/aromatic N) is 5. The maximum absolute atomic E-state index is 12.7. The predicted octanol–water partition coefficient (Wildman–Crippen LogP) is 1.03. The Balaban J connectivity index is 2.05. The maximum Gasteiger partial charge on any atom is 0.282 e. The molecule has 1 aromatic rings. The molecular weight excluding hydrogens is 342 g/mol. The highest BCUT2D eigenvalue weighted by molar-refractivity contribution is 7.86. The number of hydrogen-bond acceptors (Lipinski definition) is 5. The lowest BCUT2D eigenvalue weighted by Crippen LogP contribution is -2.45. The van der Waals surface area contributed by atoms with E-state index < -0.39 is 16.3 Å². The van der Waals surface area contributed by atoms with Crippen molar-refractivity contribution >= 4 is 21.9 Å². The number of aromatic nitrogens is 2. The van der Waals surface area contributed by atoms with Gasteiger partial charge in [0.25, 0.3) is 10.2 Å². The molecular formula is C16H25N5O3S. The summed E-state index contributed by atoms with van der Waals surface area (Å²) in [5.74, 6) is 1.13. The van der Waals surface area contributed by atoms with Gasteiger partial charge in [-0.1, -0.05) is 6.42 Å². The summed E-state index contributed by atoms with van der Waals surface area (Å²) in [6, 6.07) is -0.393. The Morgan fingerprint density at radius 1 is 1.16 bits per heavy atom. The van der Waals surface area contributed by atoms with Gasteiger partial charge in [0.15, 0.2) is 0 Å². The number of hydrogen-bond donors (Lipinski definition) is 0. The molecule has 9 heteroatoms. The van der Waals surface area contributed by atoms with Crippen molar-refractivity contribution in [1.82, 2.24) is 18.6 Å². The van der Waals surface area contributed by atoms with E-state index in [1.807, 2.05) is 6.92 Å². The molecule has 0 saturated carbocycles. The largest absolute Gasteiger partial charge is 0.300 e. The number of amides is 1. The fraction of sp³-hybridized carbons (Fsp3) is 0.688. The average Bonchev–Trinajstić information content (AvgIpc) is 2.58. The third-order valence-electron chi connectivity index (χ3n) is 5.00. The molecule has 0 aliphatic carbocycles. The van der Waals surface area contributed by atoms with E-state index in [0.717, 1.165) is 24.1 Å². The summed E-state index contributed by atoms with van der Waals surface area (Å²) in [6.45, 7) is 2.36. The fourth-order valence-corrected chi connectivity index (χ4v) is 4.79. The summed E-state index contributed by atoms with van der Waals surface area (Å²) < 4.78 is 28.1. The van der Waals surface area contributed by atoms with Crippen LogP contribution in [0.25, 0.3) is 0 Å². The first-order valence-electron chi connectivity index (χ1n) is 8.56. The summed E-state index contributed by atoms with van der Waals surface area (Å²) >= 11 is 0. The van der Waals surface area contributed by atoms with Gasteiger partial charge >= 0.3 is 0 Å². The molecule has 138 valence electrons. The Labute approximate surface area is 149 Å². The summed E-state index contributed by atoms with van der Waals surface area (Å²) in [5.41, 5.74) is 1.80. The molecule has 1 atom stereocenters. The molecule has 0 bridgehead atoms. The summed E-state index contributed by atoms with van der Waals surface area (Å²) in [7, 11) is 1.23. The predicted molar refractivity (Wildman–Crippen MR) is 94.4 cm³/mol. The van der Waals surface area contributed by atoms with Crippen LogP contribution in [0.5, 0.6) is 0 Å². The van der Waals surface area contributed by atoms with E-state index in [0.29, 0.717) is 37.4 Å². The van der Waals surface area contributed by atoms with Crippen LogP contribution in [0.2, 0.25) is 0 Å². The van der Waals surface area contributed by atoms with Gasteiger partial charge < -0.3 is 0 Å². The van der Waals surface area contributed by atoms with Gasteiger partial charge in [0.2, 0.25) is 5.91 Å². The second-order valence-electron chi connectivity index (χ2n) is 6.83. The molecule has 1 amide bonds. The van der Waals surface area contributed by atoms with Gasteiger partial charge in [-0.3, -0.25) is 9.69 Å². The van der Waals surface area contributed by atoms with Crippen molar-refractivity contribution in [2.24, 2.45) is 0 Å². The Morgan fingerprint density at radius 2 is 1.88 bits per heavy atom. The lowest BCUT2D eigenvalue weighted by Gasteiger charge is -2.36. The van der Waals surface area contributed by atoms with E-state index in [1.54, 1.807) is 11.9 Å². The van der Waals surface area contributed by atoms with Crippen molar-refractivity contribution in [2.75, 3.05) is 32.6 Å². The Bertz CT molecular complexity index is 793. The number of fused-ring (bicyclic) bond motifs is 1. The molecule has 3 rings (SSSR count). The van der Waals surface area contributed by atoms with Crippen molar-refractivity contribution in [3.05, 3.63) is 17.1 Å². The molecule has 2 aliphatic rings. The first kappa shape index (κ1) is 18.2. The third-order valence-corrected chi connectivity index (χ3v) is 6.95. The summed E-state index contributed by atoms with van der Waals surface area (Å²) in [6.07, 6.45) is 3.53. The highest BCUT2D eigenvalue weighted by Crippen LogP contribution is 2.35. The summed E-state index contributed by atoms with van der Waals surface area (Å²) in [4.78, 5) is 22.8. The molecule has 8 nitrogen and oxygen atoms in total. The van der Waals surface area contributed by atoms with E-state index in [-0.39, 0.29) is 5.91 Å². The number of aryl methyl sites for hydroxylation is 1. The molecule has 25 heavy (non-hydrogen) atoms. The Morgan fingerprint density at radius 3 is 2.56 bits per heavy atom. The normalized spacial score (nSPS) is 22.4. The van der Waals surface area contributed by atoms with E-state index in [2.05, 4.69) is 9.97 Å². The van der Waals surface area contributed by atoms with Crippen molar-refractivity contribution in [3.63, 3.8) is 0 Å². The minimum absolute atomic E-state index is 0.0259. The SMILES string of the molecule is Cc1nc([C@H]2CCCCN2S(=O)(=O)N(C)C)nc2c1CCC(=O)N2C. The highest BCUT2D eigenvalue weighted by atomic mass is 32.2. The number of carbonyl (C=O) groups excluding carboxylic acids is 1. The van der Waals surface area contributed by atoms with Gasteiger partial charge in [-0.2, -0.15) is 17.0 Å². The van der Waals surface area contributed by atoms with E-state index in [9.17, 15) is 13.2 Å². The zero-order valence-corrected chi connectivity index (χ0v) is 16.0. The van der Waals surface area contributed by atoms with E-state index >= 15 is 0 Å². The third kappa shape index (κ3) is 3.16. The first-order chi connectivity index (χ1) is 11.7. The van der Waals surface area contributed by atoms with Crippen LogP contribution in [0.1, 0.15) is 48.8 Å².